The molecule has 0 saturated carbocycles. The van der Waals surface area contributed by atoms with E-state index < -0.39 is 58.0 Å². The number of anilines is 3. The van der Waals surface area contributed by atoms with Gasteiger partial charge in [-0.3, -0.25) is 28.8 Å². The number of aromatic nitrogens is 3. The Bertz CT molecular complexity index is 3680. The van der Waals surface area contributed by atoms with Gasteiger partial charge in [0.1, 0.15) is 33.9 Å². The largest absolute Gasteiger partial charge is 0.497 e. The van der Waals surface area contributed by atoms with Gasteiger partial charge in [-0.05, 0) is 166 Å². The van der Waals surface area contributed by atoms with E-state index in [4.69, 9.17) is 31.4 Å². The van der Waals surface area contributed by atoms with E-state index in [1.807, 2.05) is 112 Å². The number of fused-ring (bicyclic) bond motifs is 3. The predicted molar refractivity (Wildman–Crippen MR) is 343 cm³/mol. The molecular formula is C67H76N12O9. The summed E-state index contributed by atoms with van der Waals surface area (Å²) in [5, 5.41) is 19.9. The molecule has 21 heteroatoms. The van der Waals surface area contributed by atoms with Crippen LogP contribution in [0.25, 0.3) is 32.7 Å². The van der Waals surface area contributed by atoms with Gasteiger partial charge in [0.2, 0.25) is 17.7 Å². The Balaban J connectivity index is 0.927. The molecule has 0 aliphatic heterocycles. The number of nitrogens with two attached hydrogens (primary N) is 3. The minimum Gasteiger partial charge on any atom is -0.497 e. The van der Waals surface area contributed by atoms with Gasteiger partial charge in [0.25, 0.3) is 17.7 Å². The lowest BCUT2D eigenvalue weighted by Gasteiger charge is -2.28. The summed E-state index contributed by atoms with van der Waals surface area (Å²) in [6.07, 6.45) is -0.0336. The van der Waals surface area contributed by atoms with Crippen LogP contribution in [0.3, 0.4) is 0 Å². The van der Waals surface area contributed by atoms with Crippen LogP contribution in [0.1, 0.15) is 77.2 Å². The maximum Gasteiger partial charge on any atom is 0.251 e. The van der Waals surface area contributed by atoms with Gasteiger partial charge in [0.05, 0.1) is 40.6 Å². The third-order valence-electron chi connectivity index (χ3n) is 16.5. The zero-order chi connectivity index (χ0) is 63.2. The SMILES string of the molecule is COc1ccc2[nH]c(C)c(CC(=O)N[C@](C)(CN)C(=O)Nc3ccc(C(c4ccc(NC(=O)[C@@](C)(CN)NC(=O)Cc5c(C)[nH]c6ccc(OC)cc56)cc4)c4ccc(NC(=O)[C@@](C)(CN)NC(=O)Cc5c(C)[nH]c6ccc(OC)cc56)cc4)cc3)c2c1. The van der Waals surface area contributed by atoms with E-state index in [0.29, 0.717) is 34.3 Å². The van der Waals surface area contributed by atoms with E-state index in [2.05, 4.69) is 46.9 Å². The molecule has 3 atom stereocenters. The van der Waals surface area contributed by atoms with E-state index in [0.717, 1.165) is 83.2 Å². The summed E-state index contributed by atoms with van der Waals surface area (Å²) in [6.45, 7) is 9.79. The number of rotatable bonds is 24. The second-order valence-corrected chi connectivity index (χ2v) is 22.9. The minimum absolute atomic E-state index is 0.0112. The van der Waals surface area contributed by atoms with Gasteiger partial charge < -0.3 is 78.3 Å². The summed E-state index contributed by atoms with van der Waals surface area (Å²) < 4.78 is 16.3. The van der Waals surface area contributed by atoms with Crippen LogP contribution in [0, 0.1) is 20.8 Å². The summed E-state index contributed by atoms with van der Waals surface area (Å²) in [6, 6.07) is 38.5. The summed E-state index contributed by atoms with van der Waals surface area (Å²) in [7, 11) is 4.73. The molecule has 15 N–H and O–H groups in total. The number of H-pyrrole nitrogens is 3. The highest BCUT2D eigenvalue weighted by atomic mass is 16.5. The number of hydrogen-bond acceptors (Lipinski definition) is 12. The number of benzene rings is 6. The first-order valence-corrected chi connectivity index (χ1v) is 28.8. The molecule has 0 spiro atoms. The van der Waals surface area contributed by atoms with Crippen LogP contribution in [-0.4, -0.2) is 108 Å². The Morgan fingerprint density at radius 2 is 0.659 bits per heavy atom. The van der Waals surface area contributed by atoms with Crippen molar-refractivity contribution in [1.29, 1.82) is 0 Å². The minimum atomic E-state index is -1.48. The van der Waals surface area contributed by atoms with E-state index in [1.54, 1.807) is 78.5 Å². The van der Waals surface area contributed by atoms with Crippen molar-refractivity contribution >= 4 is 85.2 Å². The van der Waals surface area contributed by atoms with Crippen LogP contribution < -0.4 is 63.3 Å². The quantitative estimate of drug-likeness (QED) is 0.0265. The molecule has 0 aliphatic carbocycles. The van der Waals surface area contributed by atoms with E-state index in [-0.39, 0.29) is 38.9 Å². The third-order valence-corrected chi connectivity index (χ3v) is 16.5. The average molecular weight is 1190 g/mol. The fourth-order valence-corrected chi connectivity index (χ4v) is 10.9. The van der Waals surface area contributed by atoms with Crippen molar-refractivity contribution in [2.24, 2.45) is 17.2 Å². The number of amides is 6. The molecule has 0 unspecified atom stereocenters. The zero-order valence-electron chi connectivity index (χ0n) is 50.9. The average Bonchev–Trinajstić information content (AvgIpc) is 2.22. The highest BCUT2D eigenvalue weighted by molar-refractivity contribution is 6.04. The monoisotopic (exact) mass is 1190 g/mol. The number of methoxy groups -OCH3 is 3. The van der Waals surface area contributed by atoms with Gasteiger partial charge in [-0.1, -0.05) is 36.4 Å². The Labute approximate surface area is 509 Å². The molecular weight excluding hydrogens is 1120 g/mol. The zero-order valence-corrected chi connectivity index (χ0v) is 50.9. The molecule has 0 fully saturated rings. The van der Waals surface area contributed by atoms with Crippen molar-refractivity contribution in [3.05, 3.63) is 178 Å². The lowest BCUT2D eigenvalue weighted by molar-refractivity contribution is -0.129. The van der Waals surface area contributed by atoms with Crippen LogP contribution in [0.15, 0.2) is 127 Å². The molecule has 0 saturated heterocycles. The topological polar surface area (TPSA) is 328 Å². The van der Waals surface area contributed by atoms with Crippen molar-refractivity contribution in [3.8, 4) is 17.2 Å². The maximum atomic E-state index is 14.0. The van der Waals surface area contributed by atoms with E-state index in [1.165, 1.54) is 0 Å². The summed E-state index contributed by atoms with van der Waals surface area (Å²) in [4.78, 5) is 93.0. The van der Waals surface area contributed by atoms with Crippen LogP contribution in [0.5, 0.6) is 17.2 Å². The normalized spacial score (nSPS) is 13.5. The summed E-state index contributed by atoms with van der Waals surface area (Å²) >= 11 is 0. The van der Waals surface area contributed by atoms with Crippen molar-refractivity contribution in [2.75, 3.05) is 56.9 Å². The summed E-state index contributed by atoms with van der Waals surface area (Å²) in [5.74, 6) is -1.27. The number of aromatic amines is 3. The molecule has 0 aliphatic rings. The highest BCUT2D eigenvalue weighted by Crippen LogP contribution is 2.36. The first-order chi connectivity index (χ1) is 42.0. The summed E-state index contributed by atoms with van der Waals surface area (Å²) in [5.41, 5.74) is 25.2. The first-order valence-electron chi connectivity index (χ1n) is 28.8. The fraction of sp³-hybridized carbons (Fsp3) is 0.284. The maximum absolute atomic E-state index is 14.0. The van der Waals surface area contributed by atoms with Gasteiger partial charge in [-0.2, -0.15) is 0 Å². The number of nitrogens with one attached hydrogen (secondary N) is 9. The first kappa shape index (κ1) is 62.6. The van der Waals surface area contributed by atoms with Gasteiger partial charge in [0.15, 0.2) is 0 Å². The van der Waals surface area contributed by atoms with Crippen molar-refractivity contribution in [2.45, 2.75) is 83.3 Å². The Kier molecular flexibility index (Phi) is 18.4. The fourth-order valence-electron chi connectivity index (χ4n) is 10.9. The molecule has 0 radical (unpaired) electrons. The molecule has 3 heterocycles. The third kappa shape index (κ3) is 13.4. The second-order valence-electron chi connectivity index (χ2n) is 22.9. The van der Waals surface area contributed by atoms with Crippen LogP contribution >= 0.6 is 0 Å². The molecule has 21 nitrogen and oxygen atoms in total. The van der Waals surface area contributed by atoms with Gasteiger partial charge in [-0.15, -0.1) is 0 Å². The van der Waals surface area contributed by atoms with E-state index >= 15 is 0 Å². The number of carbonyl (C=O) groups is 6. The Morgan fingerprint density at radius 1 is 0.409 bits per heavy atom. The molecule has 9 aromatic rings. The lowest BCUT2D eigenvalue weighted by Crippen LogP contribution is -2.59. The standard InChI is InChI=1S/C67H76N12O9/c1-37-49(52-28-46(86-7)22-25-55(52)71-37)31-58(80)77-65(4,34-68)62(83)74-43-16-10-40(11-17-43)61(41-12-18-44(19-13-41)75-63(84)66(5,35-69)78-59(81)32-50-38(2)72-56-26-23-47(87-8)29-53(50)56)42-14-20-45(21-15-42)76-64(85)67(6,36-70)79-60(82)33-51-39(3)73-57-27-24-48(88-9)30-54(51)57/h10-30,61,71-73H,31-36,68-70H2,1-9H3,(H,74,83)(H,75,84)(H,76,85)(H,77,80)(H,78,81)(H,79,82)/t65-,66-,67-/m1/s1. The molecule has 0 bridgehead atoms. The molecule has 88 heavy (non-hydrogen) atoms. The second kappa shape index (κ2) is 25.9. The van der Waals surface area contributed by atoms with Crippen molar-refractivity contribution in [3.63, 3.8) is 0 Å². The highest BCUT2D eigenvalue weighted by Gasteiger charge is 2.37. The lowest BCUT2D eigenvalue weighted by atomic mass is 9.85. The number of carbonyl (C=O) groups excluding carboxylic acids is 6. The van der Waals surface area contributed by atoms with Gasteiger partial charge in [0, 0.05) is 92.4 Å². The number of ether oxygens (including phenoxy) is 3. The molecule has 9 rings (SSSR count). The number of hydrogen-bond donors (Lipinski definition) is 12. The molecule has 3 aromatic heterocycles. The van der Waals surface area contributed by atoms with Crippen LogP contribution in [0.4, 0.5) is 17.1 Å². The Hall–Kier alpha value is -9.96. The Morgan fingerprint density at radius 3 is 0.886 bits per heavy atom. The predicted octanol–water partition coefficient (Wildman–Crippen LogP) is 7.31. The van der Waals surface area contributed by atoms with Crippen LogP contribution in [0.2, 0.25) is 0 Å². The molecule has 6 amide bonds. The number of aryl methyl sites for hydroxylation is 3. The van der Waals surface area contributed by atoms with Crippen molar-refractivity contribution in [1.82, 2.24) is 30.9 Å². The van der Waals surface area contributed by atoms with Gasteiger partial charge in [-0.25, -0.2) is 0 Å². The van der Waals surface area contributed by atoms with E-state index in [9.17, 15) is 28.8 Å². The molecule has 458 valence electrons. The molecule has 6 aromatic carbocycles. The van der Waals surface area contributed by atoms with Crippen LogP contribution in [-0.2, 0) is 48.0 Å². The van der Waals surface area contributed by atoms with Crippen molar-refractivity contribution < 1.29 is 43.0 Å². The van der Waals surface area contributed by atoms with Gasteiger partial charge >= 0.3 is 0 Å². The smallest absolute Gasteiger partial charge is 0.251 e.